The molecule has 0 aromatic heterocycles. The molecular weight excluding hydrogens is 368 g/mol. The number of hydrogen-bond acceptors (Lipinski definition) is 6. The zero-order valence-electron chi connectivity index (χ0n) is 18.3. The fraction of sp³-hybridized carbons (Fsp3) is 0.826. The van der Waals surface area contributed by atoms with E-state index in [1.807, 2.05) is 0 Å². The van der Waals surface area contributed by atoms with Crippen molar-refractivity contribution in [2.24, 2.45) is 38.9 Å². The molecule has 0 aromatic rings. The third kappa shape index (κ3) is 2.89. The topological polar surface area (TPSA) is 83.6 Å². The van der Waals surface area contributed by atoms with Crippen LogP contribution in [0.1, 0.15) is 65.2 Å². The molecule has 0 heterocycles. The van der Waals surface area contributed by atoms with Crippen LogP contribution in [0.5, 0.6) is 0 Å². The molecular formula is C23H36N2O4. The summed E-state index contributed by atoms with van der Waals surface area (Å²) in [7, 11) is 3.09. The summed E-state index contributed by atoms with van der Waals surface area (Å²) < 4.78 is 0. The van der Waals surface area contributed by atoms with Crippen molar-refractivity contribution in [2.75, 3.05) is 20.8 Å². The van der Waals surface area contributed by atoms with Gasteiger partial charge in [0, 0.05) is 5.41 Å². The van der Waals surface area contributed by atoms with Crippen LogP contribution in [0.25, 0.3) is 0 Å². The van der Waals surface area contributed by atoms with Gasteiger partial charge in [-0.3, -0.25) is 0 Å². The predicted octanol–water partition coefficient (Wildman–Crippen LogP) is 3.68. The van der Waals surface area contributed by atoms with Crippen molar-refractivity contribution in [1.82, 2.24) is 0 Å². The Morgan fingerprint density at radius 1 is 1.07 bits per heavy atom. The van der Waals surface area contributed by atoms with E-state index in [9.17, 15) is 10.2 Å². The standard InChI is InChI=1S/C23H36N2O4/c1-21-10-7-16(24-28-3)13-15(21)5-6-17-18(21)8-11-22(2)19(17)9-12-23(22,27)20(14-26)25-29-4/h13,17-19,26-27H,5-12,14H2,1-4H3/t17-,18+,19+,21+,22+,23+/m1/s1. The van der Waals surface area contributed by atoms with Crippen molar-refractivity contribution in [3.05, 3.63) is 11.6 Å². The molecule has 6 atom stereocenters. The van der Waals surface area contributed by atoms with Crippen LogP contribution < -0.4 is 0 Å². The van der Waals surface area contributed by atoms with Gasteiger partial charge in [-0.05, 0) is 80.6 Å². The zero-order chi connectivity index (χ0) is 20.9. The molecule has 6 nitrogen and oxygen atoms in total. The summed E-state index contributed by atoms with van der Waals surface area (Å²) in [5.41, 5.74) is 1.88. The minimum atomic E-state index is -1.07. The predicted molar refractivity (Wildman–Crippen MR) is 113 cm³/mol. The molecule has 0 aliphatic heterocycles. The van der Waals surface area contributed by atoms with E-state index in [1.165, 1.54) is 19.1 Å². The van der Waals surface area contributed by atoms with E-state index in [0.717, 1.165) is 44.2 Å². The molecule has 4 aliphatic rings. The maximum atomic E-state index is 11.7. The van der Waals surface area contributed by atoms with Gasteiger partial charge in [0.05, 0.1) is 12.3 Å². The van der Waals surface area contributed by atoms with Gasteiger partial charge in [-0.2, -0.15) is 0 Å². The van der Waals surface area contributed by atoms with E-state index in [-0.39, 0.29) is 17.4 Å². The SMILES string of the molecule is CON=C1C=C2CC[C@@H]3[C@H](CC[C@@]4(C)[C@H]3CC[C@]4(O)C(CO)=NOC)[C@@]2(C)CC1. The number of allylic oxidation sites excluding steroid dienone is 2. The normalized spacial score (nSPS) is 45.9. The molecule has 3 fully saturated rings. The van der Waals surface area contributed by atoms with Gasteiger partial charge in [0.25, 0.3) is 0 Å². The van der Waals surface area contributed by atoms with Crippen LogP contribution in [0, 0.1) is 28.6 Å². The summed E-state index contributed by atoms with van der Waals surface area (Å²) in [6.45, 7) is 4.42. The Morgan fingerprint density at radius 2 is 1.83 bits per heavy atom. The Kier molecular flexibility index (Phi) is 5.31. The average molecular weight is 405 g/mol. The molecule has 4 aliphatic carbocycles. The first-order valence-corrected chi connectivity index (χ1v) is 11.1. The lowest BCUT2D eigenvalue weighted by atomic mass is 9.46. The highest BCUT2D eigenvalue weighted by Crippen LogP contribution is 2.67. The maximum Gasteiger partial charge on any atom is 0.115 e. The smallest absolute Gasteiger partial charge is 0.115 e. The monoisotopic (exact) mass is 404 g/mol. The Bertz CT molecular complexity index is 747. The van der Waals surface area contributed by atoms with Gasteiger partial charge in [-0.15, -0.1) is 0 Å². The molecule has 162 valence electrons. The molecule has 0 radical (unpaired) electrons. The Balaban J connectivity index is 1.65. The molecule has 0 amide bonds. The van der Waals surface area contributed by atoms with Gasteiger partial charge < -0.3 is 19.9 Å². The molecule has 0 bridgehead atoms. The fourth-order valence-corrected chi connectivity index (χ4v) is 7.60. The largest absolute Gasteiger partial charge is 0.399 e. The second kappa shape index (κ2) is 7.38. The van der Waals surface area contributed by atoms with E-state index in [1.54, 1.807) is 7.11 Å². The molecule has 6 heteroatoms. The molecule has 0 aromatic carbocycles. The molecule has 0 spiro atoms. The summed E-state index contributed by atoms with van der Waals surface area (Å²) in [5, 5.41) is 29.8. The highest BCUT2D eigenvalue weighted by Gasteiger charge is 2.65. The maximum absolute atomic E-state index is 11.7. The highest BCUT2D eigenvalue weighted by molar-refractivity contribution is 5.96. The lowest BCUT2D eigenvalue weighted by Gasteiger charge is -2.59. The van der Waals surface area contributed by atoms with Crippen molar-refractivity contribution in [3.63, 3.8) is 0 Å². The van der Waals surface area contributed by atoms with Crippen molar-refractivity contribution >= 4 is 11.4 Å². The van der Waals surface area contributed by atoms with Crippen LogP contribution in [0.3, 0.4) is 0 Å². The van der Waals surface area contributed by atoms with E-state index in [4.69, 9.17) is 9.68 Å². The van der Waals surface area contributed by atoms with Gasteiger partial charge in [-0.1, -0.05) is 29.7 Å². The second-order valence-corrected chi connectivity index (χ2v) is 10.0. The third-order valence-corrected chi connectivity index (χ3v) is 9.17. The van der Waals surface area contributed by atoms with Crippen molar-refractivity contribution in [1.29, 1.82) is 0 Å². The quantitative estimate of drug-likeness (QED) is 0.553. The number of aliphatic hydroxyl groups is 2. The number of aliphatic hydroxyl groups excluding tert-OH is 1. The average Bonchev–Trinajstić information content (AvgIpc) is 2.98. The van der Waals surface area contributed by atoms with Gasteiger partial charge in [-0.25, -0.2) is 0 Å². The minimum Gasteiger partial charge on any atom is -0.399 e. The Labute approximate surface area is 174 Å². The van der Waals surface area contributed by atoms with Crippen LogP contribution in [0.15, 0.2) is 22.0 Å². The summed E-state index contributed by atoms with van der Waals surface area (Å²) in [6, 6.07) is 0. The van der Waals surface area contributed by atoms with Crippen LogP contribution in [-0.4, -0.2) is 48.1 Å². The number of hydrogen-bond donors (Lipinski definition) is 2. The molecule has 0 saturated heterocycles. The van der Waals surface area contributed by atoms with E-state index in [0.29, 0.717) is 29.9 Å². The van der Waals surface area contributed by atoms with Gasteiger partial charge in [0.1, 0.15) is 25.5 Å². The number of nitrogens with zero attached hydrogens (tertiary/aromatic N) is 2. The molecule has 4 rings (SSSR count). The number of fused-ring (bicyclic) bond motifs is 5. The molecule has 3 saturated carbocycles. The van der Waals surface area contributed by atoms with Gasteiger partial charge in [0.15, 0.2) is 0 Å². The third-order valence-electron chi connectivity index (χ3n) is 9.17. The summed E-state index contributed by atoms with van der Waals surface area (Å²) in [4.78, 5) is 9.98. The zero-order valence-corrected chi connectivity index (χ0v) is 18.3. The van der Waals surface area contributed by atoms with E-state index in [2.05, 4.69) is 30.2 Å². The molecule has 2 N–H and O–H groups in total. The number of oxime groups is 2. The van der Waals surface area contributed by atoms with Crippen molar-refractivity contribution in [3.8, 4) is 0 Å². The van der Waals surface area contributed by atoms with Crippen molar-refractivity contribution < 1.29 is 19.9 Å². The van der Waals surface area contributed by atoms with Crippen LogP contribution in [-0.2, 0) is 9.68 Å². The summed E-state index contributed by atoms with van der Waals surface area (Å²) >= 11 is 0. The molecule has 0 unspecified atom stereocenters. The van der Waals surface area contributed by atoms with Crippen LogP contribution in [0.4, 0.5) is 0 Å². The first-order chi connectivity index (χ1) is 13.8. The highest BCUT2D eigenvalue weighted by atomic mass is 16.6. The lowest BCUT2D eigenvalue weighted by Crippen LogP contribution is -2.58. The van der Waals surface area contributed by atoms with Crippen LogP contribution in [0.2, 0.25) is 0 Å². The van der Waals surface area contributed by atoms with Crippen molar-refractivity contribution in [2.45, 2.75) is 70.8 Å². The van der Waals surface area contributed by atoms with E-state index >= 15 is 0 Å². The number of rotatable bonds is 4. The summed E-state index contributed by atoms with van der Waals surface area (Å²) in [5.74, 6) is 1.70. The first-order valence-electron chi connectivity index (χ1n) is 11.1. The Hall–Kier alpha value is -1.40. The summed E-state index contributed by atoms with van der Waals surface area (Å²) in [6.07, 6.45) is 10.4. The Morgan fingerprint density at radius 3 is 2.52 bits per heavy atom. The fourth-order valence-electron chi connectivity index (χ4n) is 7.60. The molecule has 29 heavy (non-hydrogen) atoms. The van der Waals surface area contributed by atoms with Gasteiger partial charge >= 0.3 is 0 Å². The minimum absolute atomic E-state index is 0.220. The van der Waals surface area contributed by atoms with E-state index < -0.39 is 5.60 Å². The second-order valence-electron chi connectivity index (χ2n) is 10.0. The van der Waals surface area contributed by atoms with Gasteiger partial charge in [0.2, 0.25) is 0 Å². The first kappa shape index (κ1) is 20.9. The van der Waals surface area contributed by atoms with Crippen LogP contribution >= 0.6 is 0 Å². The lowest BCUT2D eigenvalue weighted by molar-refractivity contribution is -0.0966.